The lowest BCUT2D eigenvalue weighted by atomic mass is 10.1. The number of hydrogen-bond donors (Lipinski definition) is 2. The van der Waals surface area contributed by atoms with Gasteiger partial charge in [-0.1, -0.05) is 0 Å². The molecule has 1 aromatic carbocycles. The molecule has 0 unspecified atom stereocenters. The number of amidine groups is 1. The van der Waals surface area contributed by atoms with E-state index in [0.29, 0.717) is 6.54 Å². The summed E-state index contributed by atoms with van der Waals surface area (Å²) in [5.41, 5.74) is 5.30. The highest BCUT2D eigenvalue weighted by Gasteiger charge is 2.31. The maximum Gasteiger partial charge on any atom is 0.150 e. The average Bonchev–Trinajstić information content (AvgIpc) is 3.06. The van der Waals surface area contributed by atoms with Gasteiger partial charge in [-0.3, -0.25) is 5.41 Å². The van der Waals surface area contributed by atoms with Crippen LogP contribution in [0.15, 0.2) is 12.1 Å². The largest absolute Gasteiger partial charge is 0.384 e. The van der Waals surface area contributed by atoms with Crippen LogP contribution in [-0.4, -0.2) is 18.4 Å². The molecule has 0 saturated heterocycles. The van der Waals surface area contributed by atoms with Gasteiger partial charge in [-0.15, -0.1) is 0 Å². The second-order valence-corrected chi connectivity index (χ2v) is 4.22. The number of anilines is 1. The molecule has 17 heavy (non-hydrogen) atoms. The lowest BCUT2D eigenvalue weighted by Gasteiger charge is -2.24. The fourth-order valence-electron chi connectivity index (χ4n) is 1.98. The number of nitrogen functional groups attached to an aromatic ring is 1. The molecule has 3 N–H and O–H groups in total. The van der Waals surface area contributed by atoms with Crippen LogP contribution in [0.2, 0.25) is 0 Å². The van der Waals surface area contributed by atoms with Crippen LogP contribution in [-0.2, 0) is 0 Å². The summed E-state index contributed by atoms with van der Waals surface area (Å²) >= 11 is 0. The predicted molar refractivity (Wildman–Crippen MR) is 63.4 cm³/mol. The minimum Gasteiger partial charge on any atom is -0.384 e. The molecule has 1 aliphatic carbocycles. The molecule has 1 aromatic rings. The highest BCUT2D eigenvalue weighted by Crippen LogP contribution is 2.34. The van der Waals surface area contributed by atoms with Crippen molar-refractivity contribution < 1.29 is 8.78 Å². The molecule has 1 fully saturated rings. The summed E-state index contributed by atoms with van der Waals surface area (Å²) in [6.45, 7) is 2.44. The molecule has 0 amide bonds. The molecular weight excluding hydrogens is 224 g/mol. The fourth-order valence-corrected chi connectivity index (χ4v) is 1.98. The zero-order chi connectivity index (χ0) is 12.6. The van der Waals surface area contributed by atoms with E-state index in [1.54, 1.807) is 4.90 Å². The first-order chi connectivity index (χ1) is 8.04. The second-order valence-electron chi connectivity index (χ2n) is 4.22. The molecule has 0 heterocycles. The molecule has 1 saturated carbocycles. The summed E-state index contributed by atoms with van der Waals surface area (Å²) in [5, 5.41) is 7.18. The highest BCUT2D eigenvalue weighted by molar-refractivity contribution is 5.95. The summed E-state index contributed by atoms with van der Waals surface area (Å²) in [6, 6.07) is 2.48. The topological polar surface area (TPSA) is 53.1 Å². The van der Waals surface area contributed by atoms with Crippen molar-refractivity contribution in [1.29, 1.82) is 5.41 Å². The van der Waals surface area contributed by atoms with Gasteiger partial charge in [0.2, 0.25) is 0 Å². The van der Waals surface area contributed by atoms with E-state index in [1.165, 1.54) is 0 Å². The van der Waals surface area contributed by atoms with Crippen molar-refractivity contribution in [3.05, 3.63) is 29.3 Å². The number of benzene rings is 1. The molecule has 0 radical (unpaired) electrons. The molecule has 0 aliphatic heterocycles. The monoisotopic (exact) mass is 239 g/mol. The fraction of sp³-hybridized carbons (Fsp3) is 0.417. The van der Waals surface area contributed by atoms with Gasteiger partial charge in [0.1, 0.15) is 23.2 Å². The van der Waals surface area contributed by atoms with Crippen molar-refractivity contribution in [2.24, 2.45) is 5.73 Å². The van der Waals surface area contributed by atoms with Crippen molar-refractivity contribution in [2.75, 3.05) is 11.4 Å². The maximum atomic E-state index is 13.9. The Morgan fingerprint density at radius 3 is 2.29 bits per heavy atom. The number of rotatable bonds is 4. The van der Waals surface area contributed by atoms with E-state index in [2.05, 4.69) is 0 Å². The van der Waals surface area contributed by atoms with Gasteiger partial charge in [0.15, 0.2) is 0 Å². The molecule has 92 valence electrons. The summed E-state index contributed by atoms with van der Waals surface area (Å²) in [7, 11) is 0. The first kappa shape index (κ1) is 11.8. The van der Waals surface area contributed by atoms with Crippen molar-refractivity contribution in [1.82, 2.24) is 0 Å². The van der Waals surface area contributed by atoms with E-state index in [0.717, 1.165) is 25.0 Å². The molecule has 2 rings (SSSR count). The van der Waals surface area contributed by atoms with Gasteiger partial charge in [-0.05, 0) is 31.9 Å². The van der Waals surface area contributed by atoms with Crippen LogP contribution < -0.4 is 10.6 Å². The van der Waals surface area contributed by atoms with Crippen molar-refractivity contribution in [3.63, 3.8) is 0 Å². The minimum atomic E-state index is -0.649. The van der Waals surface area contributed by atoms with E-state index >= 15 is 0 Å². The second kappa shape index (κ2) is 4.31. The van der Waals surface area contributed by atoms with Gasteiger partial charge in [0.25, 0.3) is 0 Å². The normalized spacial score (nSPS) is 14.8. The van der Waals surface area contributed by atoms with Gasteiger partial charge in [-0.2, -0.15) is 0 Å². The molecular formula is C12H15F2N3. The predicted octanol–water partition coefficient (Wildman–Crippen LogP) is 2.24. The summed E-state index contributed by atoms with van der Waals surface area (Å²) in [6.07, 6.45) is 1.95. The Balaban J connectivity index is 2.43. The van der Waals surface area contributed by atoms with Gasteiger partial charge in [-0.25, -0.2) is 8.78 Å². The number of hydrogen-bond acceptors (Lipinski definition) is 2. The smallest absolute Gasteiger partial charge is 0.150 e. The minimum absolute atomic E-state index is 0.000000000000000222. The Morgan fingerprint density at radius 2 is 1.94 bits per heavy atom. The van der Waals surface area contributed by atoms with E-state index in [9.17, 15) is 8.78 Å². The van der Waals surface area contributed by atoms with Crippen LogP contribution >= 0.6 is 0 Å². The Labute approximate surface area is 98.7 Å². The standard InChI is InChI=1S/C12H15F2N3/c1-2-17(8-3-4-8)11-9(13)5-7(12(15)16)6-10(11)14/h5-6,8H,2-4H2,1H3,(H3,15,16). The van der Waals surface area contributed by atoms with E-state index in [-0.39, 0.29) is 23.1 Å². The molecule has 5 heteroatoms. The lowest BCUT2D eigenvalue weighted by Crippen LogP contribution is -2.27. The van der Waals surface area contributed by atoms with Crippen LogP contribution in [0.25, 0.3) is 0 Å². The SMILES string of the molecule is CCN(c1c(F)cc(C(=N)N)cc1F)C1CC1. The average molecular weight is 239 g/mol. The van der Waals surface area contributed by atoms with Gasteiger partial charge in [0.05, 0.1) is 0 Å². The Hall–Kier alpha value is -1.65. The van der Waals surface area contributed by atoms with Crippen LogP contribution in [0, 0.1) is 17.0 Å². The molecule has 1 aliphatic rings. The highest BCUT2D eigenvalue weighted by atomic mass is 19.1. The van der Waals surface area contributed by atoms with Gasteiger partial charge in [0, 0.05) is 18.2 Å². The third kappa shape index (κ3) is 2.23. The third-order valence-corrected chi connectivity index (χ3v) is 2.94. The van der Waals surface area contributed by atoms with E-state index < -0.39 is 11.6 Å². The van der Waals surface area contributed by atoms with Gasteiger partial charge >= 0.3 is 0 Å². The van der Waals surface area contributed by atoms with Crippen LogP contribution in [0.4, 0.5) is 14.5 Å². The van der Waals surface area contributed by atoms with E-state index in [4.69, 9.17) is 11.1 Å². The van der Waals surface area contributed by atoms with Crippen molar-refractivity contribution >= 4 is 11.5 Å². The molecule has 0 spiro atoms. The summed E-state index contributed by atoms with van der Waals surface area (Å²) in [4.78, 5) is 1.73. The zero-order valence-corrected chi connectivity index (χ0v) is 9.63. The zero-order valence-electron chi connectivity index (χ0n) is 9.63. The Kier molecular flexibility index (Phi) is 3.00. The van der Waals surface area contributed by atoms with Crippen LogP contribution in [0.5, 0.6) is 0 Å². The van der Waals surface area contributed by atoms with Crippen molar-refractivity contribution in [2.45, 2.75) is 25.8 Å². The number of nitrogens with one attached hydrogen (secondary N) is 1. The van der Waals surface area contributed by atoms with Gasteiger partial charge < -0.3 is 10.6 Å². The lowest BCUT2D eigenvalue weighted by molar-refractivity contribution is 0.570. The third-order valence-electron chi connectivity index (χ3n) is 2.94. The molecule has 0 aromatic heterocycles. The summed E-state index contributed by atoms with van der Waals surface area (Å²) < 4.78 is 27.7. The van der Waals surface area contributed by atoms with Crippen LogP contribution in [0.3, 0.4) is 0 Å². The van der Waals surface area contributed by atoms with E-state index in [1.807, 2.05) is 6.92 Å². The Bertz CT molecular complexity index is 432. The molecule has 3 nitrogen and oxygen atoms in total. The Morgan fingerprint density at radius 1 is 1.41 bits per heavy atom. The maximum absolute atomic E-state index is 13.9. The molecule has 0 bridgehead atoms. The quantitative estimate of drug-likeness (QED) is 0.625. The number of halogens is 2. The van der Waals surface area contributed by atoms with Crippen LogP contribution in [0.1, 0.15) is 25.3 Å². The molecule has 0 atom stereocenters. The summed E-state index contributed by atoms with van der Waals surface area (Å²) in [5.74, 6) is -1.63. The first-order valence-electron chi connectivity index (χ1n) is 5.64. The first-order valence-corrected chi connectivity index (χ1v) is 5.64. The number of nitrogens with two attached hydrogens (primary N) is 1. The number of nitrogens with zero attached hydrogens (tertiary/aromatic N) is 1. The van der Waals surface area contributed by atoms with Crippen molar-refractivity contribution in [3.8, 4) is 0 Å².